The van der Waals surface area contributed by atoms with Crippen molar-refractivity contribution in [2.45, 2.75) is 20.4 Å². The molecule has 0 aliphatic carbocycles. The van der Waals surface area contributed by atoms with Gasteiger partial charge in [-0.15, -0.1) is 0 Å². The summed E-state index contributed by atoms with van der Waals surface area (Å²) in [6.45, 7) is 9.33. The first kappa shape index (κ1) is 12.9. The van der Waals surface area contributed by atoms with Crippen LogP contribution in [0.1, 0.15) is 16.8 Å². The van der Waals surface area contributed by atoms with Crippen LogP contribution < -0.4 is 5.73 Å². The number of nitrogen functional groups attached to an aromatic ring is 1. The Hall–Kier alpha value is -1.51. The number of anilines is 1. The Balaban J connectivity index is 2.07. The molecular weight excluding hydrogens is 228 g/mol. The maximum absolute atomic E-state index is 9.08. The number of nitrogens with two attached hydrogens (primary N) is 1. The Kier molecular flexibility index (Phi) is 3.90. The van der Waals surface area contributed by atoms with Gasteiger partial charge in [0.2, 0.25) is 0 Å². The summed E-state index contributed by atoms with van der Waals surface area (Å²) in [5.41, 5.74) is 8.74. The summed E-state index contributed by atoms with van der Waals surface area (Å²) >= 11 is 0. The van der Waals surface area contributed by atoms with Gasteiger partial charge in [0, 0.05) is 31.9 Å². The molecule has 1 aromatic heterocycles. The molecule has 0 unspecified atom stereocenters. The molecule has 1 fully saturated rings. The maximum atomic E-state index is 9.08. The van der Waals surface area contributed by atoms with Gasteiger partial charge in [0.1, 0.15) is 11.9 Å². The number of nitriles is 1. The fourth-order valence-corrected chi connectivity index (χ4v) is 2.39. The normalized spacial score (nSPS) is 16.7. The van der Waals surface area contributed by atoms with E-state index in [4.69, 9.17) is 15.7 Å². The zero-order chi connectivity index (χ0) is 13.1. The number of rotatable bonds is 3. The maximum Gasteiger partial charge on any atom is 0.122 e. The third kappa shape index (κ3) is 2.35. The van der Waals surface area contributed by atoms with Crippen LogP contribution in [0.15, 0.2) is 0 Å². The molecule has 1 saturated heterocycles. The van der Waals surface area contributed by atoms with Gasteiger partial charge in [-0.1, -0.05) is 0 Å². The third-order valence-corrected chi connectivity index (χ3v) is 3.72. The molecule has 1 aliphatic rings. The smallest absolute Gasteiger partial charge is 0.122 e. The van der Waals surface area contributed by atoms with Crippen LogP contribution in [0, 0.1) is 25.2 Å². The molecule has 0 amide bonds. The van der Waals surface area contributed by atoms with Gasteiger partial charge in [0.25, 0.3) is 0 Å². The molecule has 0 aromatic carbocycles. The first-order chi connectivity index (χ1) is 8.65. The predicted octanol–water partition coefficient (Wildman–Crippen LogP) is 0.891. The van der Waals surface area contributed by atoms with Crippen LogP contribution in [-0.4, -0.2) is 42.3 Å². The standard InChI is InChI=1S/C13H20N4O/c1-10-11(2)17(13(15)12(10)9-14)4-3-16-5-7-18-8-6-16/h3-8,15H2,1-2H3. The van der Waals surface area contributed by atoms with Gasteiger partial charge in [0.05, 0.1) is 18.8 Å². The second kappa shape index (κ2) is 5.42. The molecule has 5 heteroatoms. The molecule has 0 bridgehead atoms. The highest BCUT2D eigenvalue weighted by molar-refractivity contribution is 5.57. The quantitative estimate of drug-likeness (QED) is 0.862. The summed E-state index contributed by atoms with van der Waals surface area (Å²) in [6.07, 6.45) is 0. The van der Waals surface area contributed by atoms with Crippen molar-refractivity contribution >= 4 is 5.82 Å². The first-order valence-corrected chi connectivity index (χ1v) is 6.30. The van der Waals surface area contributed by atoms with Crippen LogP contribution in [0.25, 0.3) is 0 Å². The number of morpholine rings is 1. The van der Waals surface area contributed by atoms with Crippen molar-refractivity contribution in [3.63, 3.8) is 0 Å². The number of nitrogens with zero attached hydrogens (tertiary/aromatic N) is 3. The van der Waals surface area contributed by atoms with E-state index in [-0.39, 0.29) is 0 Å². The molecular formula is C13H20N4O. The lowest BCUT2D eigenvalue weighted by molar-refractivity contribution is 0.0364. The molecule has 0 atom stereocenters. The second-order valence-corrected chi connectivity index (χ2v) is 4.69. The van der Waals surface area contributed by atoms with Gasteiger partial charge in [-0.2, -0.15) is 5.26 Å². The largest absolute Gasteiger partial charge is 0.384 e. The summed E-state index contributed by atoms with van der Waals surface area (Å²) in [5, 5.41) is 9.08. The van der Waals surface area contributed by atoms with Gasteiger partial charge in [0.15, 0.2) is 0 Å². The van der Waals surface area contributed by atoms with E-state index in [0.29, 0.717) is 11.4 Å². The monoisotopic (exact) mass is 248 g/mol. The zero-order valence-corrected chi connectivity index (χ0v) is 11.1. The van der Waals surface area contributed by atoms with Crippen molar-refractivity contribution in [3.05, 3.63) is 16.8 Å². The number of hydrogen-bond donors (Lipinski definition) is 1. The Bertz CT molecular complexity index is 466. The van der Waals surface area contributed by atoms with E-state index in [2.05, 4.69) is 11.0 Å². The Morgan fingerprint density at radius 1 is 1.28 bits per heavy atom. The van der Waals surface area contributed by atoms with Gasteiger partial charge in [-0.25, -0.2) is 0 Å². The highest BCUT2D eigenvalue weighted by Gasteiger charge is 2.16. The van der Waals surface area contributed by atoms with Gasteiger partial charge < -0.3 is 15.0 Å². The van der Waals surface area contributed by atoms with E-state index in [1.54, 1.807) is 0 Å². The van der Waals surface area contributed by atoms with Gasteiger partial charge in [-0.05, 0) is 19.4 Å². The topological polar surface area (TPSA) is 67.2 Å². The molecule has 0 radical (unpaired) electrons. The molecule has 2 rings (SSSR count). The van der Waals surface area contributed by atoms with Crippen LogP contribution in [0.2, 0.25) is 0 Å². The van der Waals surface area contributed by atoms with Gasteiger partial charge in [-0.3, -0.25) is 4.90 Å². The molecule has 1 aliphatic heterocycles. The average Bonchev–Trinajstić information content (AvgIpc) is 2.60. The Labute approximate surface area is 108 Å². The lowest BCUT2D eigenvalue weighted by atomic mass is 10.2. The first-order valence-electron chi connectivity index (χ1n) is 6.30. The van der Waals surface area contributed by atoms with Gasteiger partial charge >= 0.3 is 0 Å². The zero-order valence-electron chi connectivity index (χ0n) is 11.1. The minimum Gasteiger partial charge on any atom is -0.384 e. The fraction of sp³-hybridized carbons (Fsp3) is 0.615. The molecule has 2 N–H and O–H groups in total. The van der Waals surface area contributed by atoms with Crippen molar-refractivity contribution in [2.24, 2.45) is 0 Å². The van der Waals surface area contributed by atoms with Crippen molar-refractivity contribution in [1.82, 2.24) is 9.47 Å². The lowest BCUT2D eigenvalue weighted by Gasteiger charge is -2.27. The van der Waals surface area contributed by atoms with Crippen molar-refractivity contribution < 1.29 is 4.74 Å². The minimum absolute atomic E-state index is 0.598. The molecule has 18 heavy (non-hydrogen) atoms. The molecule has 98 valence electrons. The summed E-state index contributed by atoms with van der Waals surface area (Å²) in [4.78, 5) is 2.36. The van der Waals surface area contributed by atoms with Crippen molar-refractivity contribution in [2.75, 3.05) is 38.6 Å². The van der Waals surface area contributed by atoms with E-state index in [9.17, 15) is 0 Å². The van der Waals surface area contributed by atoms with Crippen LogP contribution in [0.3, 0.4) is 0 Å². The summed E-state index contributed by atoms with van der Waals surface area (Å²) in [6, 6.07) is 2.18. The van der Waals surface area contributed by atoms with E-state index < -0.39 is 0 Å². The fourth-order valence-electron chi connectivity index (χ4n) is 2.39. The SMILES string of the molecule is Cc1c(C#N)c(N)n(CCN2CCOCC2)c1C. The Morgan fingerprint density at radius 3 is 2.50 bits per heavy atom. The Morgan fingerprint density at radius 2 is 1.94 bits per heavy atom. The number of hydrogen-bond acceptors (Lipinski definition) is 4. The van der Waals surface area contributed by atoms with Crippen LogP contribution in [0.4, 0.5) is 5.82 Å². The van der Waals surface area contributed by atoms with E-state index in [1.807, 2.05) is 18.4 Å². The molecule has 2 heterocycles. The van der Waals surface area contributed by atoms with E-state index in [1.165, 1.54) is 0 Å². The minimum atomic E-state index is 0.598. The third-order valence-electron chi connectivity index (χ3n) is 3.72. The number of aromatic nitrogens is 1. The predicted molar refractivity (Wildman–Crippen MR) is 70.3 cm³/mol. The molecule has 0 spiro atoms. The number of ether oxygens (including phenoxy) is 1. The van der Waals surface area contributed by atoms with Crippen LogP contribution in [-0.2, 0) is 11.3 Å². The highest BCUT2D eigenvalue weighted by atomic mass is 16.5. The molecule has 1 aromatic rings. The summed E-state index contributed by atoms with van der Waals surface area (Å²) in [7, 11) is 0. The highest BCUT2D eigenvalue weighted by Crippen LogP contribution is 2.23. The molecule has 0 saturated carbocycles. The van der Waals surface area contributed by atoms with E-state index >= 15 is 0 Å². The summed E-state index contributed by atoms with van der Waals surface area (Å²) < 4.78 is 7.37. The lowest BCUT2D eigenvalue weighted by Crippen LogP contribution is -2.38. The molecule has 5 nitrogen and oxygen atoms in total. The summed E-state index contributed by atoms with van der Waals surface area (Å²) in [5.74, 6) is 0.598. The average molecular weight is 248 g/mol. The van der Waals surface area contributed by atoms with Crippen molar-refractivity contribution in [3.8, 4) is 6.07 Å². The second-order valence-electron chi connectivity index (χ2n) is 4.69. The van der Waals surface area contributed by atoms with Crippen LogP contribution in [0.5, 0.6) is 0 Å². The van der Waals surface area contributed by atoms with E-state index in [0.717, 1.165) is 50.7 Å². The van der Waals surface area contributed by atoms with Crippen LogP contribution >= 0.6 is 0 Å². The van der Waals surface area contributed by atoms with Crippen molar-refractivity contribution in [1.29, 1.82) is 5.26 Å².